The molecule has 0 aromatic rings. The number of hydrogen-bond donors (Lipinski definition) is 0. The summed E-state index contributed by atoms with van der Waals surface area (Å²) >= 11 is 0. The molecule has 0 saturated heterocycles. The molecule has 28 heavy (non-hydrogen) atoms. The lowest BCUT2D eigenvalue weighted by Gasteiger charge is -2.24. The lowest BCUT2D eigenvalue weighted by molar-refractivity contribution is -0.161. The molecule has 4 nitrogen and oxygen atoms in total. The highest BCUT2D eigenvalue weighted by Crippen LogP contribution is 2.44. The molecule has 0 radical (unpaired) electrons. The number of carbonyl (C=O) groups is 2. The van der Waals surface area contributed by atoms with Gasteiger partial charge >= 0.3 is 11.9 Å². The minimum atomic E-state index is -0.484. The van der Waals surface area contributed by atoms with Crippen LogP contribution >= 0.6 is 0 Å². The molecule has 0 heterocycles. The highest BCUT2D eigenvalue weighted by molar-refractivity contribution is 5.81. The number of allylic oxidation sites excluding steroid dienone is 6. The summed E-state index contributed by atoms with van der Waals surface area (Å²) in [6.45, 7) is 16.0. The van der Waals surface area contributed by atoms with Gasteiger partial charge < -0.3 is 9.47 Å². The number of rotatable bonds is 2. The molecule has 0 spiro atoms. The Bertz CT molecular complexity index is 616. The highest BCUT2D eigenvalue weighted by Gasteiger charge is 2.41. The molecule has 3 unspecified atom stereocenters. The lowest BCUT2D eigenvalue weighted by atomic mass is 9.93. The third-order valence-corrected chi connectivity index (χ3v) is 4.19. The largest absolute Gasteiger partial charge is 0.484 e. The van der Waals surface area contributed by atoms with Crippen molar-refractivity contribution in [3.63, 3.8) is 0 Å². The maximum absolute atomic E-state index is 11.8. The van der Waals surface area contributed by atoms with Crippen molar-refractivity contribution in [1.29, 1.82) is 0 Å². The van der Waals surface area contributed by atoms with Gasteiger partial charge in [-0.1, -0.05) is 36.5 Å². The Labute approximate surface area is 170 Å². The van der Waals surface area contributed by atoms with E-state index in [1.807, 2.05) is 20.8 Å². The van der Waals surface area contributed by atoms with E-state index in [1.165, 1.54) is 0 Å². The highest BCUT2D eigenvalue weighted by atomic mass is 16.6. The Morgan fingerprint density at radius 3 is 1.79 bits per heavy atom. The Morgan fingerprint density at radius 1 is 0.929 bits per heavy atom. The molecule has 3 atom stereocenters. The zero-order chi connectivity index (χ0) is 21.4. The molecule has 3 rings (SSSR count). The van der Waals surface area contributed by atoms with E-state index in [0.717, 1.165) is 25.3 Å². The molecule has 3 aliphatic rings. The van der Waals surface area contributed by atoms with Crippen LogP contribution in [-0.2, 0) is 19.1 Å². The van der Waals surface area contributed by atoms with Crippen LogP contribution in [0.4, 0.5) is 0 Å². The summed E-state index contributed by atoms with van der Waals surface area (Å²) in [4.78, 5) is 22.2. The summed E-state index contributed by atoms with van der Waals surface area (Å²) in [7, 11) is 0. The van der Waals surface area contributed by atoms with Crippen molar-refractivity contribution >= 4 is 11.9 Å². The second kappa shape index (κ2) is 10.4. The molecule has 0 amide bonds. The molecular weight excluding hydrogens is 352 g/mol. The van der Waals surface area contributed by atoms with E-state index in [2.05, 4.69) is 36.5 Å². The van der Waals surface area contributed by atoms with Gasteiger partial charge in [0.25, 0.3) is 0 Å². The van der Waals surface area contributed by atoms with Gasteiger partial charge in [0.05, 0.1) is 12.5 Å². The van der Waals surface area contributed by atoms with Crippen molar-refractivity contribution < 1.29 is 19.1 Å². The fraction of sp³-hybridized carbons (Fsp3) is 0.583. The molecule has 3 aliphatic carbocycles. The molecule has 0 aliphatic heterocycles. The molecule has 1 saturated carbocycles. The minimum Gasteiger partial charge on any atom is -0.460 e. The summed E-state index contributed by atoms with van der Waals surface area (Å²) in [6, 6.07) is 0. The fourth-order valence-electron chi connectivity index (χ4n) is 3.16. The fourth-order valence-corrected chi connectivity index (χ4v) is 3.16. The van der Waals surface area contributed by atoms with Crippen molar-refractivity contribution in [2.75, 3.05) is 0 Å². The predicted molar refractivity (Wildman–Crippen MR) is 112 cm³/mol. The third kappa shape index (κ3) is 9.66. The average molecular weight is 388 g/mol. The van der Waals surface area contributed by atoms with Gasteiger partial charge in [-0.3, -0.25) is 4.79 Å². The van der Waals surface area contributed by atoms with E-state index in [9.17, 15) is 9.59 Å². The smallest absolute Gasteiger partial charge is 0.460 e. The Hall–Kier alpha value is -2.19. The maximum Gasteiger partial charge on any atom is 0.484 e. The van der Waals surface area contributed by atoms with Crippen molar-refractivity contribution in [2.24, 2.45) is 17.8 Å². The third-order valence-electron chi connectivity index (χ3n) is 4.19. The van der Waals surface area contributed by atoms with Crippen LogP contribution < -0.4 is 0 Å². The second-order valence-electron chi connectivity index (χ2n) is 9.21. The Balaban J connectivity index is 0.000000239. The molecule has 154 valence electrons. The van der Waals surface area contributed by atoms with Crippen LogP contribution in [0.1, 0.15) is 60.8 Å². The first-order chi connectivity index (χ1) is 12.9. The van der Waals surface area contributed by atoms with Crippen molar-refractivity contribution in [3.05, 3.63) is 49.1 Å². The predicted octanol–water partition coefficient (Wildman–Crippen LogP) is 5.36. The molecule has 2 bridgehead atoms. The van der Waals surface area contributed by atoms with Crippen molar-refractivity contribution in [2.45, 2.75) is 72.0 Å². The lowest BCUT2D eigenvalue weighted by Crippen LogP contribution is -2.30. The summed E-state index contributed by atoms with van der Waals surface area (Å²) in [5.74, 6) is 0.730. The monoisotopic (exact) mass is 387 g/mol. The number of carbonyl (C=O) groups excluding carboxylic acids is 2. The molecule has 0 N–H and O–H groups in total. The van der Waals surface area contributed by atoms with Gasteiger partial charge in [-0.2, -0.15) is 0 Å². The quantitative estimate of drug-likeness (QED) is 0.277. The van der Waals surface area contributed by atoms with Crippen LogP contribution in [0.25, 0.3) is 0 Å². The SMILES string of the molecule is C1=CCC=C1.CC(C)(C)OC(=O)C1CC2C=CC1C2.[CH+]=CC(=O)OC(C)(C)C. The molecular formula is C24H35O4+. The number of ether oxygens (including phenoxy) is 2. The summed E-state index contributed by atoms with van der Waals surface area (Å²) in [6.07, 6.45) is 17.0. The second-order valence-corrected chi connectivity index (χ2v) is 9.21. The molecule has 0 aromatic carbocycles. The molecule has 1 fully saturated rings. The average Bonchev–Trinajstić information content (AvgIpc) is 3.31. The van der Waals surface area contributed by atoms with E-state index < -0.39 is 11.6 Å². The van der Waals surface area contributed by atoms with Gasteiger partial charge in [-0.25, -0.2) is 0 Å². The van der Waals surface area contributed by atoms with E-state index >= 15 is 0 Å². The Morgan fingerprint density at radius 2 is 1.50 bits per heavy atom. The number of fused-ring (bicyclic) bond motifs is 2. The topological polar surface area (TPSA) is 52.6 Å². The summed E-state index contributed by atoms with van der Waals surface area (Å²) in [5.41, 5.74) is -0.782. The van der Waals surface area contributed by atoms with Crippen LogP contribution in [0.5, 0.6) is 0 Å². The van der Waals surface area contributed by atoms with Gasteiger partial charge in [0.15, 0.2) is 0 Å². The first kappa shape index (κ1) is 23.8. The zero-order valence-electron chi connectivity index (χ0n) is 18.1. The van der Waals surface area contributed by atoms with Gasteiger partial charge in [0.1, 0.15) is 11.2 Å². The van der Waals surface area contributed by atoms with Crippen LogP contribution in [0.3, 0.4) is 0 Å². The number of esters is 2. The van der Waals surface area contributed by atoms with Crippen LogP contribution in [-0.4, -0.2) is 23.1 Å². The zero-order valence-corrected chi connectivity index (χ0v) is 18.1. The van der Waals surface area contributed by atoms with Gasteiger partial charge in [-0.15, -0.1) is 4.79 Å². The number of hydrogen-bond acceptors (Lipinski definition) is 4. The normalized spacial score (nSPS) is 24.0. The standard InChI is InChI=1S/C12H18O2.C7H11O2.C5H6/c1-12(2,3)14-11(13)10-7-8-4-5-9(10)6-8;1-5-6(8)9-7(2,3)4;1-2-4-5-3-1/h4-5,8-10H,6-7H2,1-3H3;1,5H,2-4H3;1-4H,5H2/q;+1;. The first-order valence-corrected chi connectivity index (χ1v) is 9.92. The van der Waals surface area contributed by atoms with E-state index in [-0.39, 0.29) is 17.5 Å². The van der Waals surface area contributed by atoms with Crippen LogP contribution in [0, 0.1) is 24.3 Å². The van der Waals surface area contributed by atoms with Gasteiger partial charge in [-0.05, 0) is 72.6 Å². The van der Waals surface area contributed by atoms with E-state index in [0.29, 0.717) is 11.8 Å². The van der Waals surface area contributed by atoms with Gasteiger partial charge in [0, 0.05) is 0 Å². The Kier molecular flexibility index (Phi) is 8.84. The van der Waals surface area contributed by atoms with Gasteiger partial charge in [0.2, 0.25) is 6.08 Å². The summed E-state index contributed by atoms with van der Waals surface area (Å²) in [5, 5.41) is 0. The maximum atomic E-state index is 11.8. The summed E-state index contributed by atoms with van der Waals surface area (Å²) < 4.78 is 10.2. The first-order valence-electron chi connectivity index (χ1n) is 9.92. The van der Waals surface area contributed by atoms with E-state index in [4.69, 9.17) is 16.1 Å². The van der Waals surface area contributed by atoms with Crippen molar-refractivity contribution in [3.8, 4) is 0 Å². The molecule has 0 aromatic heterocycles. The molecule has 4 heteroatoms. The van der Waals surface area contributed by atoms with E-state index in [1.54, 1.807) is 20.8 Å². The van der Waals surface area contributed by atoms with Crippen LogP contribution in [0.2, 0.25) is 0 Å². The minimum absolute atomic E-state index is 0.00523. The van der Waals surface area contributed by atoms with Crippen molar-refractivity contribution in [1.82, 2.24) is 0 Å². The van der Waals surface area contributed by atoms with Crippen LogP contribution in [0.15, 0.2) is 42.5 Å².